The van der Waals surface area contributed by atoms with Crippen LogP contribution in [0.5, 0.6) is 0 Å². The molecule has 0 aromatic carbocycles. The van der Waals surface area contributed by atoms with Crippen LogP contribution in [0.3, 0.4) is 0 Å². The summed E-state index contributed by atoms with van der Waals surface area (Å²) in [5, 5.41) is 12.6. The highest BCUT2D eigenvalue weighted by molar-refractivity contribution is 6.09. The van der Waals surface area contributed by atoms with E-state index in [4.69, 9.17) is 10.00 Å². The lowest BCUT2D eigenvalue weighted by molar-refractivity contribution is -0.136. The van der Waals surface area contributed by atoms with Gasteiger partial charge < -0.3 is 9.64 Å². The van der Waals surface area contributed by atoms with Gasteiger partial charge >= 0.3 is 5.97 Å². The molecule has 0 bridgehead atoms. The minimum Gasteiger partial charge on any atom is -0.461 e. The Kier molecular flexibility index (Phi) is 4.29. The van der Waals surface area contributed by atoms with E-state index in [0.29, 0.717) is 5.56 Å². The summed E-state index contributed by atoms with van der Waals surface area (Å²) in [5.41, 5.74) is 0.650. The largest absolute Gasteiger partial charge is 0.461 e. The van der Waals surface area contributed by atoms with Crippen LogP contribution in [0.1, 0.15) is 12.5 Å². The molecule has 1 aromatic heterocycles. The van der Waals surface area contributed by atoms with Gasteiger partial charge in [-0.2, -0.15) is 10.4 Å². The number of nitrogens with zero attached hydrogens (tertiary/aromatic N) is 4. The fourth-order valence-electron chi connectivity index (χ4n) is 1.17. The Morgan fingerprint density at radius 1 is 1.71 bits per heavy atom. The van der Waals surface area contributed by atoms with E-state index in [-0.39, 0.29) is 12.3 Å². The molecule has 0 fully saturated rings. The molecule has 6 nitrogen and oxygen atoms in total. The van der Waals surface area contributed by atoms with Crippen LogP contribution in [0.4, 0.5) is 0 Å². The van der Waals surface area contributed by atoms with E-state index in [1.807, 2.05) is 6.07 Å². The minimum absolute atomic E-state index is 0.262. The lowest BCUT2D eigenvalue weighted by Crippen LogP contribution is -2.16. The number of carbonyl (C=O) groups is 1. The maximum Gasteiger partial charge on any atom is 0.358 e. The normalized spacial score (nSPS) is 10.8. The number of ether oxygens (including phenoxy) is 1. The molecule has 0 amide bonds. The standard InChI is InChI=1S/C11H14N4O2/c1-4-17-11(16)10(8-14(2)3)15-7-9(5-12)6-13-15/h6-8H,4H2,1-3H3/b10-8-. The van der Waals surface area contributed by atoms with Crippen molar-refractivity contribution in [1.82, 2.24) is 14.7 Å². The number of rotatable bonds is 4. The molecule has 1 rings (SSSR count). The number of esters is 1. The van der Waals surface area contributed by atoms with Gasteiger partial charge in [-0.25, -0.2) is 9.48 Å². The van der Waals surface area contributed by atoms with Gasteiger partial charge in [-0.1, -0.05) is 0 Å². The third-order valence-corrected chi connectivity index (χ3v) is 1.82. The van der Waals surface area contributed by atoms with Crippen LogP contribution in [0.15, 0.2) is 18.6 Å². The van der Waals surface area contributed by atoms with Crippen molar-refractivity contribution in [2.24, 2.45) is 0 Å². The summed E-state index contributed by atoms with van der Waals surface area (Å²) in [6.07, 6.45) is 4.46. The third-order valence-electron chi connectivity index (χ3n) is 1.82. The molecule has 0 aliphatic carbocycles. The first-order chi connectivity index (χ1) is 8.08. The van der Waals surface area contributed by atoms with E-state index < -0.39 is 5.97 Å². The van der Waals surface area contributed by atoms with E-state index in [9.17, 15) is 4.79 Å². The number of hydrogen-bond donors (Lipinski definition) is 0. The Morgan fingerprint density at radius 2 is 2.41 bits per heavy atom. The minimum atomic E-state index is -0.478. The Hall–Kier alpha value is -2.29. The highest BCUT2D eigenvalue weighted by atomic mass is 16.5. The molecule has 0 spiro atoms. The average Bonchev–Trinajstić information content (AvgIpc) is 2.74. The first-order valence-electron chi connectivity index (χ1n) is 5.09. The second-order valence-electron chi connectivity index (χ2n) is 3.48. The molecule has 0 saturated heterocycles. The molecule has 17 heavy (non-hydrogen) atoms. The highest BCUT2D eigenvalue weighted by Crippen LogP contribution is 2.08. The average molecular weight is 234 g/mol. The van der Waals surface area contributed by atoms with Gasteiger partial charge in [0.1, 0.15) is 6.07 Å². The van der Waals surface area contributed by atoms with Crippen LogP contribution >= 0.6 is 0 Å². The molecule has 0 atom stereocenters. The topological polar surface area (TPSA) is 71.2 Å². The predicted molar refractivity (Wildman–Crippen MR) is 61.5 cm³/mol. The summed E-state index contributed by atoms with van der Waals surface area (Å²) < 4.78 is 6.25. The van der Waals surface area contributed by atoms with Gasteiger partial charge in [0.05, 0.1) is 18.4 Å². The van der Waals surface area contributed by atoms with E-state index in [2.05, 4.69) is 5.10 Å². The Balaban J connectivity index is 3.07. The molecule has 6 heteroatoms. The lowest BCUT2D eigenvalue weighted by Gasteiger charge is -2.10. The number of nitriles is 1. The van der Waals surface area contributed by atoms with Crippen molar-refractivity contribution in [3.8, 4) is 6.07 Å². The molecule has 0 unspecified atom stereocenters. The summed E-state index contributed by atoms with van der Waals surface area (Å²) in [4.78, 5) is 13.4. The monoisotopic (exact) mass is 234 g/mol. The van der Waals surface area contributed by atoms with Gasteiger partial charge in [0.2, 0.25) is 0 Å². The van der Waals surface area contributed by atoms with Crippen molar-refractivity contribution in [2.75, 3.05) is 20.7 Å². The first-order valence-corrected chi connectivity index (χ1v) is 5.09. The predicted octanol–water partition coefficient (Wildman–Crippen LogP) is 0.678. The third kappa shape index (κ3) is 3.34. The molecular formula is C11H14N4O2. The summed E-state index contributed by atoms with van der Waals surface area (Å²) >= 11 is 0. The van der Waals surface area contributed by atoms with E-state index >= 15 is 0 Å². The zero-order valence-electron chi connectivity index (χ0n) is 10.0. The smallest absolute Gasteiger partial charge is 0.358 e. The molecule has 0 aliphatic heterocycles. The first kappa shape index (κ1) is 12.8. The Bertz CT molecular complexity index is 468. The maximum absolute atomic E-state index is 11.7. The van der Waals surface area contributed by atoms with Gasteiger partial charge in [-0.15, -0.1) is 0 Å². The van der Waals surface area contributed by atoms with E-state index in [1.54, 1.807) is 32.1 Å². The fraction of sp³-hybridized carbons (Fsp3) is 0.364. The molecule has 90 valence electrons. The highest BCUT2D eigenvalue weighted by Gasteiger charge is 2.14. The molecule has 0 N–H and O–H groups in total. The Morgan fingerprint density at radius 3 is 2.88 bits per heavy atom. The second-order valence-corrected chi connectivity index (χ2v) is 3.48. The van der Waals surface area contributed by atoms with Gasteiger partial charge in [-0.3, -0.25) is 0 Å². The van der Waals surface area contributed by atoms with Crippen LogP contribution in [0.2, 0.25) is 0 Å². The van der Waals surface area contributed by atoms with Crippen molar-refractivity contribution in [2.45, 2.75) is 6.92 Å². The van der Waals surface area contributed by atoms with Gasteiger partial charge in [0, 0.05) is 26.5 Å². The summed E-state index contributed by atoms with van der Waals surface area (Å²) in [5.74, 6) is -0.478. The number of carbonyl (C=O) groups excluding carboxylic acids is 1. The molecule has 1 aromatic rings. The molecule has 0 radical (unpaired) electrons. The SMILES string of the molecule is CCOC(=O)/C(=C/N(C)C)n1cc(C#N)cn1. The Labute approximate surface area is 99.7 Å². The van der Waals surface area contributed by atoms with Crippen molar-refractivity contribution in [3.63, 3.8) is 0 Å². The van der Waals surface area contributed by atoms with Crippen molar-refractivity contribution < 1.29 is 9.53 Å². The van der Waals surface area contributed by atoms with Gasteiger partial charge in [0.25, 0.3) is 0 Å². The summed E-state index contributed by atoms with van der Waals surface area (Å²) in [7, 11) is 3.57. The number of aromatic nitrogens is 2. The fourth-order valence-corrected chi connectivity index (χ4v) is 1.17. The van der Waals surface area contributed by atoms with Crippen LogP contribution in [0.25, 0.3) is 5.70 Å². The van der Waals surface area contributed by atoms with Crippen LogP contribution in [-0.2, 0) is 9.53 Å². The summed E-state index contributed by atoms with van der Waals surface area (Å²) in [6, 6.07) is 1.95. The summed E-state index contributed by atoms with van der Waals surface area (Å²) in [6.45, 7) is 2.02. The van der Waals surface area contributed by atoms with Crippen LogP contribution in [0, 0.1) is 11.3 Å². The molecule has 0 saturated carbocycles. The lowest BCUT2D eigenvalue weighted by atomic mass is 10.4. The molecule has 1 heterocycles. The second kappa shape index (κ2) is 5.70. The van der Waals surface area contributed by atoms with Crippen LogP contribution < -0.4 is 0 Å². The van der Waals surface area contributed by atoms with Crippen LogP contribution in [-0.4, -0.2) is 41.4 Å². The van der Waals surface area contributed by atoms with E-state index in [0.717, 1.165) is 0 Å². The van der Waals surface area contributed by atoms with Gasteiger partial charge in [-0.05, 0) is 6.92 Å². The zero-order valence-corrected chi connectivity index (χ0v) is 10.0. The molecule has 0 aliphatic rings. The van der Waals surface area contributed by atoms with Gasteiger partial charge in [0.15, 0.2) is 5.70 Å². The van der Waals surface area contributed by atoms with Crippen molar-refractivity contribution >= 4 is 11.7 Å². The quantitative estimate of drug-likeness (QED) is 0.566. The zero-order chi connectivity index (χ0) is 12.8. The van der Waals surface area contributed by atoms with E-state index in [1.165, 1.54) is 17.1 Å². The molecular weight excluding hydrogens is 220 g/mol. The van der Waals surface area contributed by atoms with Crippen molar-refractivity contribution in [3.05, 3.63) is 24.2 Å². The number of hydrogen-bond acceptors (Lipinski definition) is 5. The van der Waals surface area contributed by atoms with Crippen molar-refractivity contribution in [1.29, 1.82) is 5.26 Å². The maximum atomic E-state index is 11.7.